The SMILES string of the molecule is O=C1O[C@]2(CC[C@H](C(=O)Nc3ncc(-c4cccc(F)c4)cn3)CC2)c2ccncc21. The summed E-state index contributed by atoms with van der Waals surface area (Å²) in [5.74, 6) is -0.863. The minimum atomic E-state index is -0.657. The maximum atomic E-state index is 13.4. The Bertz CT molecular complexity index is 1160. The van der Waals surface area contributed by atoms with Crippen LogP contribution in [0.4, 0.5) is 10.3 Å². The number of halogens is 1. The number of nitrogens with zero attached hydrogens (tertiary/aromatic N) is 3. The fraction of sp³-hybridized carbons (Fsp3) is 0.261. The summed E-state index contributed by atoms with van der Waals surface area (Å²) in [7, 11) is 0. The van der Waals surface area contributed by atoms with Crippen LogP contribution < -0.4 is 5.32 Å². The Labute approximate surface area is 177 Å². The number of pyridine rings is 1. The van der Waals surface area contributed by atoms with E-state index in [9.17, 15) is 14.0 Å². The van der Waals surface area contributed by atoms with Gasteiger partial charge in [-0.3, -0.25) is 15.1 Å². The number of ether oxygens (including phenoxy) is 1. The molecule has 1 aromatic carbocycles. The number of hydrogen-bond donors (Lipinski definition) is 1. The van der Waals surface area contributed by atoms with Gasteiger partial charge in [-0.15, -0.1) is 0 Å². The Morgan fingerprint density at radius 2 is 1.87 bits per heavy atom. The molecule has 0 bridgehead atoms. The predicted octanol–water partition coefficient (Wildman–Crippen LogP) is 3.87. The molecule has 31 heavy (non-hydrogen) atoms. The lowest BCUT2D eigenvalue weighted by molar-refractivity contribution is -0.122. The highest BCUT2D eigenvalue weighted by molar-refractivity contribution is 5.94. The monoisotopic (exact) mass is 418 g/mol. The van der Waals surface area contributed by atoms with Crippen molar-refractivity contribution in [2.24, 2.45) is 5.92 Å². The lowest BCUT2D eigenvalue weighted by Gasteiger charge is -2.35. The summed E-state index contributed by atoms with van der Waals surface area (Å²) in [6.45, 7) is 0. The number of nitrogens with one attached hydrogen (secondary N) is 1. The molecule has 1 saturated carbocycles. The molecule has 1 aliphatic heterocycles. The largest absolute Gasteiger partial charge is 0.451 e. The zero-order valence-corrected chi connectivity index (χ0v) is 16.5. The van der Waals surface area contributed by atoms with Crippen LogP contribution in [-0.4, -0.2) is 26.8 Å². The average molecular weight is 418 g/mol. The van der Waals surface area contributed by atoms with Crippen molar-refractivity contribution in [1.82, 2.24) is 15.0 Å². The molecule has 0 atom stereocenters. The van der Waals surface area contributed by atoms with Gasteiger partial charge in [0.1, 0.15) is 11.4 Å². The van der Waals surface area contributed by atoms with E-state index in [0.717, 1.165) is 5.56 Å². The van der Waals surface area contributed by atoms with E-state index in [-0.39, 0.29) is 29.6 Å². The fourth-order valence-electron chi connectivity index (χ4n) is 4.38. The quantitative estimate of drug-likeness (QED) is 0.649. The molecule has 156 valence electrons. The van der Waals surface area contributed by atoms with Crippen molar-refractivity contribution in [3.63, 3.8) is 0 Å². The van der Waals surface area contributed by atoms with Gasteiger partial charge in [0.15, 0.2) is 0 Å². The molecule has 0 radical (unpaired) electrons. The van der Waals surface area contributed by atoms with E-state index in [1.165, 1.54) is 18.3 Å². The van der Waals surface area contributed by atoms with Crippen LogP contribution in [0.15, 0.2) is 55.1 Å². The van der Waals surface area contributed by atoms with Crippen LogP contribution in [-0.2, 0) is 15.1 Å². The fourth-order valence-corrected chi connectivity index (χ4v) is 4.38. The van der Waals surface area contributed by atoms with E-state index in [1.54, 1.807) is 30.7 Å². The highest BCUT2D eigenvalue weighted by Crippen LogP contribution is 2.47. The molecule has 0 unspecified atom stereocenters. The standard InChI is InChI=1S/C23H19FN4O3/c24-17-3-1-2-15(10-17)16-11-26-22(27-12-16)28-20(29)14-4-7-23(8-5-14)19-6-9-25-13-18(19)21(30)31-23/h1-3,6,9-14H,4-5,7-8H2,(H,26,27,28,29)/t14-,23-. The maximum absolute atomic E-state index is 13.4. The number of carbonyl (C=O) groups is 2. The van der Waals surface area contributed by atoms with Gasteiger partial charge in [0.2, 0.25) is 11.9 Å². The molecular formula is C23H19FN4O3. The highest BCUT2D eigenvalue weighted by atomic mass is 19.1. The van der Waals surface area contributed by atoms with Crippen molar-refractivity contribution >= 4 is 17.8 Å². The number of fused-ring (bicyclic) bond motifs is 2. The van der Waals surface area contributed by atoms with Gasteiger partial charge in [-0.2, -0.15) is 0 Å². The zero-order chi connectivity index (χ0) is 21.4. The van der Waals surface area contributed by atoms with Gasteiger partial charge >= 0.3 is 5.97 Å². The molecule has 3 aromatic rings. The van der Waals surface area contributed by atoms with Crippen molar-refractivity contribution in [3.05, 3.63) is 72.1 Å². The van der Waals surface area contributed by atoms with Crippen LogP contribution in [0.1, 0.15) is 41.6 Å². The van der Waals surface area contributed by atoms with Crippen molar-refractivity contribution in [3.8, 4) is 11.1 Å². The minimum absolute atomic E-state index is 0.160. The molecule has 1 fully saturated rings. The van der Waals surface area contributed by atoms with Crippen LogP contribution in [0.2, 0.25) is 0 Å². The molecule has 1 aliphatic carbocycles. The van der Waals surface area contributed by atoms with Gasteiger partial charge in [0, 0.05) is 41.8 Å². The Kier molecular flexibility index (Phi) is 4.69. The molecule has 7 nitrogen and oxygen atoms in total. The second kappa shape index (κ2) is 7.54. The lowest BCUT2D eigenvalue weighted by atomic mass is 9.75. The summed E-state index contributed by atoms with van der Waals surface area (Å²) < 4.78 is 19.1. The van der Waals surface area contributed by atoms with Crippen LogP contribution in [0, 0.1) is 11.7 Å². The molecule has 8 heteroatoms. The Morgan fingerprint density at radius 3 is 2.61 bits per heavy atom. The number of carbonyl (C=O) groups excluding carboxylic acids is 2. The van der Waals surface area contributed by atoms with E-state index in [1.807, 2.05) is 6.07 Å². The van der Waals surface area contributed by atoms with Crippen molar-refractivity contribution in [1.29, 1.82) is 0 Å². The minimum Gasteiger partial charge on any atom is -0.451 e. The number of anilines is 1. The first-order valence-corrected chi connectivity index (χ1v) is 10.1. The molecule has 2 aliphatic rings. The average Bonchev–Trinajstić information content (AvgIpc) is 3.06. The smallest absolute Gasteiger partial charge is 0.341 e. The lowest BCUT2D eigenvalue weighted by Crippen LogP contribution is -2.36. The van der Waals surface area contributed by atoms with Gasteiger partial charge in [-0.1, -0.05) is 12.1 Å². The first kappa shape index (κ1) is 19.3. The number of amides is 1. The maximum Gasteiger partial charge on any atom is 0.341 e. The third kappa shape index (κ3) is 3.54. The second-order valence-corrected chi connectivity index (χ2v) is 7.87. The molecule has 5 rings (SSSR count). The number of rotatable bonds is 3. The Hall–Kier alpha value is -3.68. The summed E-state index contributed by atoms with van der Waals surface area (Å²) >= 11 is 0. The van der Waals surface area contributed by atoms with Crippen molar-refractivity contribution in [2.75, 3.05) is 5.32 Å². The highest BCUT2D eigenvalue weighted by Gasteiger charge is 2.48. The first-order chi connectivity index (χ1) is 15.0. The van der Waals surface area contributed by atoms with E-state index < -0.39 is 5.60 Å². The summed E-state index contributed by atoms with van der Waals surface area (Å²) in [4.78, 5) is 37.3. The van der Waals surface area contributed by atoms with Gasteiger partial charge in [-0.25, -0.2) is 19.2 Å². The number of hydrogen-bond acceptors (Lipinski definition) is 6. The van der Waals surface area contributed by atoms with Gasteiger partial charge < -0.3 is 4.74 Å². The number of benzene rings is 1. The van der Waals surface area contributed by atoms with Crippen LogP contribution >= 0.6 is 0 Å². The summed E-state index contributed by atoms with van der Waals surface area (Å²) in [6, 6.07) is 7.98. The van der Waals surface area contributed by atoms with Crippen molar-refractivity contribution < 1.29 is 18.7 Å². The Morgan fingerprint density at radius 1 is 1.10 bits per heavy atom. The van der Waals surface area contributed by atoms with Crippen LogP contribution in [0.3, 0.4) is 0 Å². The third-order valence-electron chi connectivity index (χ3n) is 6.03. The van der Waals surface area contributed by atoms with Gasteiger partial charge in [0.25, 0.3) is 0 Å². The molecule has 3 heterocycles. The second-order valence-electron chi connectivity index (χ2n) is 7.87. The van der Waals surface area contributed by atoms with Crippen LogP contribution in [0.5, 0.6) is 0 Å². The summed E-state index contributed by atoms with van der Waals surface area (Å²) in [5.41, 5.74) is 2.04. The van der Waals surface area contributed by atoms with Gasteiger partial charge in [-0.05, 0) is 49.4 Å². The first-order valence-electron chi connectivity index (χ1n) is 10.1. The summed E-state index contributed by atoms with van der Waals surface area (Å²) in [6.07, 6.45) is 8.62. The van der Waals surface area contributed by atoms with E-state index in [2.05, 4.69) is 20.3 Å². The van der Waals surface area contributed by atoms with E-state index in [4.69, 9.17) is 4.74 Å². The van der Waals surface area contributed by atoms with E-state index >= 15 is 0 Å². The molecule has 1 N–H and O–H groups in total. The Balaban J connectivity index is 1.23. The molecule has 2 aromatic heterocycles. The predicted molar refractivity (Wildman–Crippen MR) is 109 cm³/mol. The topological polar surface area (TPSA) is 94.1 Å². The number of esters is 1. The molecular weight excluding hydrogens is 399 g/mol. The van der Waals surface area contributed by atoms with E-state index in [0.29, 0.717) is 42.4 Å². The molecule has 1 amide bonds. The van der Waals surface area contributed by atoms with Crippen LogP contribution in [0.25, 0.3) is 11.1 Å². The normalized spacial score (nSPS) is 22.1. The van der Waals surface area contributed by atoms with Gasteiger partial charge in [0.05, 0.1) is 5.56 Å². The molecule has 1 spiro atoms. The molecule has 0 saturated heterocycles. The number of aromatic nitrogens is 3. The van der Waals surface area contributed by atoms with Crippen molar-refractivity contribution in [2.45, 2.75) is 31.3 Å². The third-order valence-corrected chi connectivity index (χ3v) is 6.03. The zero-order valence-electron chi connectivity index (χ0n) is 16.5. The summed E-state index contributed by atoms with van der Waals surface area (Å²) in [5, 5.41) is 2.76.